The zero-order valence-electron chi connectivity index (χ0n) is 12.8. The Bertz CT molecular complexity index is 717. The van der Waals surface area contributed by atoms with Crippen LogP contribution in [0.25, 0.3) is 5.53 Å². The Morgan fingerprint density at radius 3 is 2.54 bits per heavy atom. The van der Waals surface area contributed by atoms with Crippen molar-refractivity contribution in [2.45, 2.75) is 12.8 Å². The van der Waals surface area contributed by atoms with E-state index in [9.17, 15) is 4.57 Å². The van der Waals surface area contributed by atoms with Crippen LogP contribution in [0.5, 0.6) is 5.75 Å². The van der Waals surface area contributed by atoms with Gasteiger partial charge in [0.1, 0.15) is 5.75 Å². The van der Waals surface area contributed by atoms with Crippen LogP contribution >= 0.6 is 7.82 Å². The first-order valence-electron chi connectivity index (χ1n) is 7.25. The van der Waals surface area contributed by atoms with Crippen molar-refractivity contribution in [2.75, 3.05) is 18.5 Å². The number of nitrogens with one attached hydrogen (secondary N) is 1. The second kappa shape index (κ2) is 8.59. The van der Waals surface area contributed by atoms with E-state index in [0.717, 1.165) is 11.4 Å². The van der Waals surface area contributed by atoms with Crippen molar-refractivity contribution in [3.63, 3.8) is 0 Å². The van der Waals surface area contributed by atoms with Crippen molar-refractivity contribution < 1.29 is 28.4 Å². The quantitative estimate of drug-likeness (QED) is 0.286. The Hall–Kier alpha value is -2.21. The Kier molecular flexibility index (Phi) is 6.49. The number of hydrogen-bond donors (Lipinski definition) is 3. The number of anilines is 1. The van der Waals surface area contributed by atoms with E-state index in [1.807, 2.05) is 24.3 Å². The fraction of sp³-hybridized carbons (Fsp3) is 0.267. The third kappa shape index (κ3) is 6.50. The molecule has 0 saturated heterocycles. The maximum absolute atomic E-state index is 10.5. The molecule has 0 radical (unpaired) electrons. The van der Waals surface area contributed by atoms with E-state index >= 15 is 0 Å². The number of phosphoric ester groups is 1. The summed E-state index contributed by atoms with van der Waals surface area (Å²) in [5, 5.41) is 3.22. The lowest BCUT2D eigenvalue weighted by atomic mass is 10.1. The topological polar surface area (TPSA) is 124 Å². The van der Waals surface area contributed by atoms with E-state index in [2.05, 4.69) is 14.6 Å². The molecule has 1 aromatic rings. The molecule has 2 rings (SSSR count). The number of benzene rings is 1. The molecular weight excluding hydrogens is 333 g/mol. The number of ether oxygens (including phenoxy) is 1. The summed E-state index contributed by atoms with van der Waals surface area (Å²) in [6.07, 6.45) is 6.41. The minimum atomic E-state index is -4.40. The molecule has 1 aromatic carbocycles. The Labute approximate surface area is 139 Å². The summed E-state index contributed by atoms with van der Waals surface area (Å²) in [4.78, 5) is 20.2. The summed E-state index contributed by atoms with van der Waals surface area (Å²) < 4.78 is 20.3. The van der Waals surface area contributed by atoms with Gasteiger partial charge in [0, 0.05) is 23.9 Å². The summed E-state index contributed by atoms with van der Waals surface area (Å²) in [6, 6.07) is 7.29. The van der Waals surface area contributed by atoms with Gasteiger partial charge in [0.25, 0.3) is 5.71 Å². The van der Waals surface area contributed by atoms with E-state index in [-0.39, 0.29) is 6.61 Å². The van der Waals surface area contributed by atoms with E-state index in [0.29, 0.717) is 30.9 Å². The molecule has 0 fully saturated rings. The van der Waals surface area contributed by atoms with E-state index < -0.39 is 7.82 Å². The van der Waals surface area contributed by atoms with Crippen LogP contribution in [0, 0.1) is 0 Å². The number of nitrogens with zero attached hydrogens (tertiary/aromatic N) is 2. The molecule has 1 aliphatic carbocycles. The number of phosphoric acid groups is 1. The summed E-state index contributed by atoms with van der Waals surface area (Å²) >= 11 is 0. The molecule has 0 atom stereocenters. The van der Waals surface area contributed by atoms with Crippen molar-refractivity contribution in [1.29, 1.82) is 0 Å². The Morgan fingerprint density at radius 1 is 1.21 bits per heavy atom. The molecule has 0 aliphatic heterocycles. The molecule has 9 heteroatoms. The van der Waals surface area contributed by atoms with Gasteiger partial charge in [-0.1, -0.05) is 0 Å². The third-order valence-corrected chi connectivity index (χ3v) is 3.59. The maximum atomic E-state index is 10.5. The van der Waals surface area contributed by atoms with Crippen LogP contribution in [-0.4, -0.2) is 33.5 Å². The van der Waals surface area contributed by atoms with Crippen LogP contribution in [-0.2, 0) is 9.09 Å². The standard InChI is InChI=1S/C15H18N3O5P/c16-18-14-4-2-12(3-5-14)17-13-6-8-15(9-7-13)22-10-1-11-23-24(19,20)21/h2-4,6-9,17H,1,5,10-11H2,(H2,19,20,21). The average Bonchev–Trinajstić information content (AvgIpc) is 2.56. The highest BCUT2D eigenvalue weighted by Crippen LogP contribution is 2.35. The number of allylic oxidation sites excluding steroid dienone is 3. The van der Waals surface area contributed by atoms with E-state index in [1.54, 1.807) is 18.2 Å². The predicted octanol–water partition coefficient (Wildman–Crippen LogP) is 2.49. The van der Waals surface area contributed by atoms with Crippen LogP contribution < -0.4 is 10.1 Å². The molecule has 0 saturated carbocycles. The lowest BCUT2D eigenvalue weighted by Crippen LogP contribution is -2.05. The largest absolute Gasteiger partial charge is 0.494 e. The second-order valence-corrected chi connectivity index (χ2v) is 6.20. The fourth-order valence-electron chi connectivity index (χ4n) is 1.94. The molecule has 128 valence electrons. The van der Waals surface area contributed by atoms with Gasteiger partial charge in [-0.15, -0.1) is 0 Å². The molecule has 0 spiro atoms. The zero-order valence-corrected chi connectivity index (χ0v) is 13.7. The minimum Gasteiger partial charge on any atom is -0.494 e. The van der Waals surface area contributed by atoms with Crippen LogP contribution in [0.15, 0.2) is 48.2 Å². The lowest BCUT2D eigenvalue weighted by Gasteiger charge is -2.11. The Morgan fingerprint density at radius 2 is 1.96 bits per heavy atom. The molecular formula is C15H18N3O5P. The minimum absolute atomic E-state index is 0.0659. The predicted molar refractivity (Wildman–Crippen MR) is 88.6 cm³/mol. The average molecular weight is 351 g/mol. The molecule has 1 aliphatic rings. The van der Waals surface area contributed by atoms with Gasteiger partial charge in [-0.25, -0.2) is 4.57 Å². The molecule has 24 heavy (non-hydrogen) atoms. The van der Waals surface area contributed by atoms with Crippen molar-refractivity contribution >= 4 is 19.2 Å². The van der Waals surface area contributed by atoms with Gasteiger partial charge in [0.15, 0.2) is 0 Å². The zero-order chi connectivity index (χ0) is 17.4. The summed E-state index contributed by atoms with van der Waals surface area (Å²) in [6.45, 7) is 0.230. The van der Waals surface area contributed by atoms with Crippen molar-refractivity contribution in [3.8, 4) is 5.75 Å². The molecule has 0 heterocycles. The number of rotatable bonds is 8. The highest BCUT2D eigenvalue weighted by Gasteiger charge is 2.12. The van der Waals surface area contributed by atoms with Crippen molar-refractivity contribution in [1.82, 2.24) is 0 Å². The molecule has 3 N–H and O–H groups in total. The van der Waals surface area contributed by atoms with Gasteiger partial charge >= 0.3 is 7.82 Å². The molecule has 0 bridgehead atoms. The first-order valence-corrected chi connectivity index (χ1v) is 8.78. The lowest BCUT2D eigenvalue weighted by molar-refractivity contribution is -0.00540. The van der Waals surface area contributed by atoms with Gasteiger partial charge in [-0.05, 0) is 36.4 Å². The molecule has 0 amide bonds. The van der Waals surface area contributed by atoms with E-state index in [4.69, 9.17) is 20.1 Å². The summed E-state index contributed by atoms with van der Waals surface area (Å²) in [5.74, 6) is 0.652. The van der Waals surface area contributed by atoms with Crippen molar-refractivity contribution in [3.05, 3.63) is 53.7 Å². The second-order valence-electron chi connectivity index (χ2n) is 4.96. The maximum Gasteiger partial charge on any atom is 0.469 e. The van der Waals surface area contributed by atoms with Gasteiger partial charge in [-0.2, -0.15) is 4.79 Å². The molecule has 0 unspecified atom stereocenters. The van der Waals surface area contributed by atoms with Gasteiger partial charge < -0.3 is 25.4 Å². The third-order valence-electron chi connectivity index (χ3n) is 3.07. The van der Waals surface area contributed by atoms with Crippen LogP contribution in [0.2, 0.25) is 0 Å². The molecule has 0 aromatic heterocycles. The van der Waals surface area contributed by atoms with E-state index in [1.165, 1.54) is 0 Å². The first kappa shape index (κ1) is 18.1. The monoisotopic (exact) mass is 351 g/mol. The SMILES string of the molecule is [N-]=[N+]=C1C=CC(Nc2ccc(OCCCOP(=O)(O)O)cc2)=CC1. The van der Waals surface area contributed by atoms with Crippen LogP contribution in [0.1, 0.15) is 12.8 Å². The normalized spacial score (nSPS) is 14.1. The highest BCUT2D eigenvalue weighted by molar-refractivity contribution is 7.46. The van der Waals surface area contributed by atoms with Crippen LogP contribution in [0.4, 0.5) is 5.69 Å². The van der Waals surface area contributed by atoms with Gasteiger partial charge in [-0.3, -0.25) is 4.52 Å². The van der Waals surface area contributed by atoms with Gasteiger partial charge in [0.2, 0.25) is 0 Å². The fourth-order valence-corrected chi connectivity index (χ4v) is 2.30. The molecule has 8 nitrogen and oxygen atoms in total. The highest BCUT2D eigenvalue weighted by atomic mass is 31.2. The summed E-state index contributed by atoms with van der Waals surface area (Å²) in [5.41, 5.74) is 11.1. The Balaban J connectivity index is 1.75. The van der Waals surface area contributed by atoms with Gasteiger partial charge in [0.05, 0.1) is 19.6 Å². The van der Waals surface area contributed by atoms with Crippen molar-refractivity contribution in [2.24, 2.45) is 0 Å². The smallest absolute Gasteiger partial charge is 0.469 e. The first-order chi connectivity index (χ1) is 11.5. The van der Waals surface area contributed by atoms with Crippen LogP contribution in [0.3, 0.4) is 0 Å². The summed E-state index contributed by atoms with van der Waals surface area (Å²) in [7, 11) is -4.40. The number of hydrogen-bond acceptors (Lipinski definition) is 4.